The van der Waals surface area contributed by atoms with Crippen molar-refractivity contribution < 1.29 is 5.11 Å². The summed E-state index contributed by atoms with van der Waals surface area (Å²) in [6, 6.07) is 5.82. The van der Waals surface area contributed by atoms with Gasteiger partial charge in [0.1, 0.15) is 5.75 Å². The first kappa shape index (κ1) is 15.4. The highest BCUT2D eigenvalue weighted by molar-refractivity contribution is 5.57. The van der Waals surface area contributed by atoms with Crippen LogP contribution in [0.3, 0.4) is 0 Å². The zero-order valence-corrected chi connectivity index (χ0v) is 13.7. The monoisotopic (exact) mass is 305 g/mol. The quantitative estimate of drug-likeness (QED) is 0.844. The third-order valence-electron chi connectivity index (χ3n) is 4.75. The SMILES string of the molecule is C=CC1C=CC=CC1(C1=CCN(C)C=C1)c1cc(C)ccc1O. The van der Waals surface area contributed by atoms with Gasteiger partial charge in [0.2, 0.25) is 0 Å². The average molecular weight is 305 g/mol. The Bertz CT molecular complexity index is 738. The summed E-state index contributed by atoms with van der Waals surface area (Å²) in [5.74, 6) is 0.426. The minimum Gasteiger partial charge on any atom is -0.508 e. The molecular weight excluding hydrogens is 282 g/mol. The Kier molecular flexibility index (Phi) is 3.99. The highest BCUT2D eigenvalue weighted by Gasteiger charge is 2.41. The molecule has 2 nitrogen and oxygen atoms in total. The van der Waals surface area contributed by atoms with Crippen LogP contribution >= 0.6 is 0 Å². The first-order valence-electron chi connectivity index (χ1n) is 7.95. The summed E-state index contributed by atoms with van der Waals surface area (Å²) in [7, 11) is 2.06. The molecule has 3 rings (SSSR count). The molecule has 0 amide bonds. The lowest BCUT2D eigenvalue weighted by Gasteiger charge is -2.41. The number of nitrogens with zero attached hydrogens (tertiary/aromatic N) is 1. The molecule has 0 radical (unpaired) electrons. The summed E-state index contributed by atoms with van der Waals surface area (Å²) >= 11 is 0. The van der Waals surface area contributed by atoms with Gasteiger partial charge in [0, 0.05) is 25.1 Å². The molecule has 1 aliphatic heterocycles. The Labute approximate surface area is 138 Å². The van der Waals surface area contributed by atoms with Gasteiger partial charge in [0.15, 0.2) is 0 Å². The maximum Gasteiger partial charge on any atom is 0.120 e. The molecule has 0 saturated heterocycles. The van der Waals surface area contributed by atoms with Gasteiger partial charge in [-0.05, 0) is 30.8 Å². The second-order valence-electron chi connectivity index (χ2n) is 6.31. The minimum absolute atomic E-state index is 0.0968. The van der Waals surface area contributed by atoms with E-state index in [2.05, 4.69) is 74.2 Å². The summed E-state index contributed by atoms with van der Waals surface area (Å²) in [5, 5.41) is 10.6. The van der Waals surface area contributed by atoms with Crippen LogP contribution in [0.25, 0.3) is 0 Å². The molecule has 0 saturated carbocycles. The number of hydrogen-bond donors (Lipinski definition) is 1. The van der Waals surface area contributed by atoms with Gasteiger partial charge in [-0.25, -0.2) is 0 Å². The van der Waals surface area contributed by atoms with E-state index in [9.17, 15) is 5.11 Å². The lowest BCUT2D eigenvalue weighted by Crippen LogP contribution is -2.36. The maximum atomic E-state index is 10.6. The first-order chi connectivity index (χ1) is 11.1. The molecule has 2 unspecified atom stereocenters. The van der Waals surface area contributed by atoms with Crippen molar-refractivity contribution in [3.63, 3.8) is 0 Å². The van der Waals surface area contributed by atoms with E-state index in [1.807, 2.05) is 12.1 Å². The Morgan fingerprint density at radius 2 is 2.17 bits per heavy atom. The van der Waals surface area contributed by atoms with E-state index < -0.39 is 5.41 Å². The van der Waals surface area contributed by atoms with Crippen molar-refractivity contribution in [1.29, 1.82) is 0 Å². The van der Waals surface area contributed by atoms with Crippen molar-refractivity contribution in [2.24, 2.45) is 5.92 Å². The molecule has 1 aromatic rings. The Morgan fingerprint density at radius 1 is 1.35 bits per heavy atom. The van der Waals surface area contributed by atoms with Crippen LogP contribution in [-0.2, 0) is 5.41 Å². The molecule has 0 bridgehead atoms. The van der Waals surface area contributed by atoms with Crippen molar-refractivity contribution in [3.05, 3.63) is 90.2 Å². The zero-order chi connectivity index (χ0) is 16.4. The largest absolute Gasteiger partial charge is 0.508 e. The predicted molar refractivity (Wildman–Crippen MR) is 96.3 cm³/mol. The standard InChI is InChI=1S/C21H23NO/c1-4-17-7-5-6-12-21(17,18-10-13-22(3)14-11-18)19-15-16(2)8-9-20(19)23/h4-13,15,17,23H,1,14H2,2-3H3. The fourth-order valence-corrected chi connectivity index (χ4v) is 3.50. The fourth-order valence-electron chi connectivity index (χ4n) is 3.50. The zero-order valence-electron chi connectivity index (χ0n) is 13.7. The van der Waals surface area contributed by atoms with Gasteiger partial charge in [0.05, 0.1) is 5.41 Å². The number of hydrogen-bond acceptors (Lipinski definition) is 2. The fraction of sp³-hybridized carbons (Fsp3) is 0.238. The smallest absolute Gasteiger partial charge is 0.120 e. The first-order valence-corrected chi connectivity index (χ1v) is 7.95. The number of aromatic hydroxyl groups is 1. The van der Waals surface area contributed by atoms with Gasteiger partial charge in [-0.2, -0.15) is 0 Å². The number of benzene rings is 1. The second kappa shape index (κ2) is 5.96. The molecule has 0 fully saturated rings. The highest BCUT2D eigenvalue weighted by atomic mass is 16.3. The highest BCUT2D eigenvalue weighted by Crippen LogP contribution is 2.48. The summed E-state index contributed by atoms with van der Waals surface area (Å²) in [4.78, 5) is 2.14. The lowest BCUT2D eigenvalue weighted by atomic mass is 9.62. The van der Waals surface area contributed by atoms with Crippen molar-refractivity contribution in [1.82, 2.24) is 4.90 Å². The number of phenolic OH excluding ortho intramolecular Hbond substituents is 1. The van der Waals surface area contributed by atoms with Crippen LogP contribution in [0.15, 0.2) is 79.1 Å². The predicted octanol–water partition coefficient (Wildman–Crippen LogP) is 4.25. The molecule has 1 N–H and O–H groups in total. The Balaban J connectivity index is 2.25. The van der Waals surface area contributed by atoms with Gasteiger partial charge < -0.3 is 10.0 Å². The van der Waals surface area contributed by atoms with Crippen molar-refractivity contribution in [2.45, 2.75) is 12.3 Å². The van der Waals surface area contributed by atoms with E-state index in [4.69, 9.17) is 0 Å². The molecule has 1 aliphatic carbocycles. The molecule has 1 aromatic carbocycles. The summed E-state index contributed by atoms with van der Waals surface area (Å²) in [6.07, 6.45) is 16.9. The van der Waals surface area contributed by atoms with Crippen molar-refractivity contribution in [3.8, 4) is 5.75 Å². The molecule has 2 atom stereocenters. The maximum absolute atomic E-state index is 10.6. The van der Waals surface area contributed by atoms with E-state index in [-0.39, 0.29) is 5.92 Å². The Hall–Kier alpha value is -2.48. The second-order valence-corrected chi connectivity index (χ2v) is 6.31. The molecule has 1 heterocycles. The third kappa shape index (κ3) is 2.55. The van der Waals surface area contributed by atoms with Gasteiger partial charge in [-0.15, -0.1) is 6.58 Å². The number of likely N-dealkylation sites (N-methyl/N-ethyl adjacent to an activating group) is 1. The van der Waals surface area contributed by atoms with Gasteiger partial charge >= 0.3 is 0 Å². The van der Waals surface area contributed by atoms with Gasteiger partial charge in [-0.1, -0.05) is 54.2 Å². The van der Waals surface area contributed by atoms with Crippen LogP contribution in [-0.4, -0.2) is 23.6 Å². The molecule has 118 valence electrons. The Morgan fingerprint density at radius 3 is 2.87 bits per heavy atom. The topological polar surface area (TPSA) is 23.5 Å². The minimum atomic E-state index is -0.412. The van der Waals surface area contributed by atoms with Crippen molar-refractivity contribution >= 4 is 0 Å². The summed E-state index contributed by atoms with van der Waals surface area (Å²) < 4.78 is 0. The van der Waals surface area contributed by atoms with Crippen LogP contribution in [0, 0.1) is 12.8 Å². The number of phenols is 1. The summed E-state index contributed by atoms with van der Waals surface area (Å²) in [6.45, 7) is 6.96. The van der Waals surface area contributed by atoms with Crippen LogP contribution in [0.1, 0.15) is 11.1 Å². The van der Waals surface area contributed by atoms with Crippen LogP contribution in [0.2, 0.25) is 0 Å². The van der Waals surface area contributed by atoms with E-state index >= 15 is 0 Å². The van der Waals surface area contributed by atoms with E-state index in [1.165, 1.54) is 5.57 Å². The van der Waals surface area contributed by atoms with Crippen molar-refractivity contribution in [2.75, 3.05) is 13.6 Å². The molecular formula is C21H23NO. The van der Waals surface area contributed by atoms with Gasteiger partial charge in [0.25, 0.3) is 0 Å². The summed E-state index contributed by atoms with van der Waals surface area (Å²) in [5.41, 5.74) is 2.86. The van der Waals surface area contributed by atoms with Crippen LogP contribution in [0.5, 0.6) is 5.75 Å². The normalized spacial score (nSPS) is 26.3. The number of rotatable bonds is 3. The van der Waals surface area contributed by atoms with Crippen LogP contribution < -0.4 is 0 Å². The number of allylic oxidation sites excluding steroid dienone is 7. The average Bonchev–Trinajstić information content (AvgIpc) is 2.57. The lowest BCUT2D eigenvalue weighted by molar-refractivity contribution is 0.434. The number of aryl methyl sites for hydroxylation is 1. The molecule has 2 aliphatic rings. The van der Waals surface area contributed by atoms with Gasteiger partial charge in [-0.3, -0.25) is 0 Å². The van der Waals surface area contributed by atoms with Crippen LogP contribution in [0.4, 0.5) is 0 Å². The molecule has 23 heavy (non-hydrogen) atoms. The molecule has 0 spiro atoms. The molecule has 0 aromatic heterocycles. The van der Waals surface area contributed by atoms with E-state index in [0.29, 0.717) is 5.75 Å². The van der Waals surface area contributed by atoms with E-state index in [1.54, 1.807) is 6.07 Å². The molecule has 2 heteroatoms. The third-order valence-corrected chi connectivity index (χ3v) is 4.75. The van der Waals surface area contributed by atoms with E-state index in [0.717, 1.165) is 17.7 Å².